The number of nitrogens with zero attached hydrogens (tertiary/aromatic N) is 2. The van der Waals surface area contributed by atoms with Gasteiger partial charge in [-0.05, 0) is 5.92 Å². The number of aliphatic carboxylic acids is 1. The summed E-state index contributed by atoms with van der Waals surface area (Å²) >= 11 is 0. The second-order valence-electron chi connectivity index (χ2n) is 4.30. The lowest BCUT2D eigenvalue weighted by Crippen LogP contribution is -2.57. The molecule has 1 N–H and O–H groups in total. The summed E-state index contributed by atoms with van der Waals surface area (Å²) in [5.41, 5.74) is 0. The Morgan fingerprint density at radius 3 is 2.35 bits per heavy atom. The van der Waals surface area contributed by atoms with E-state index in [0.717, 1.165) is 0 Å². The molecule has 7 nitrogen and oxygen atoms in total. The molecular formula is C9H16N2O5S. The maximum atomic E-state index is 12.0. The second kappa shape index (κ2) is 4.89. The SMILES string of the molecule is O=C(O)CC1CN(S(=O)(=O)N2CCOCC2)C1. The minimum absolute atomic E-state index is 0.0368. The van der Waals surface area contributed by atoms with E-state index >= 15 is 0 Å². The van der Waals surface area contributed by atoms with Crippen LogP contribution in [-0.2, 0) is 19.7 Å². The molecule has 0 aromatic carbocycles. The summed E-state index contributed by atoms with van der Waals surface area (Å²) in [7, 11) is -3.40. The van der Waals surface area contributed by atoms with Crippen molar-refractivity contribution in [3.8, 4) is 0 Å². The molecule has 0 aliphatic carbocycles. The van der Waals surface area contributed by atoms with E-state index in [9.17, 15) is 13.2 Å². The maximum Gasteiger partial charge on any atom is 0.303 e. The van der Waals surface area contributed by atoms with Crippen molar-refractivity contribution >= 4 is 16.2 Å². The molecule has 98 valence electrons. The van der Waals surface area contributed by atoms with E-state index in [2.05, 4.69) is 0 Å². The van der Waals surface area contributed by atoms with E-state index in [1.54, 1.807) is 0 Å². The predicted molar refractivity (Wildman–Crippen MR) is 58.6 cm³/mol. The monoisotopic (exact) mass is 264 g/mol. The highest BCUT2D eigenvalue weighted by molar-refractivity contribution is 7.86. The predicted octanol–water partition coefficient (Wildman–Crippen LogP) is -1.03. The molecule has 2 fully saturated rings. The first-order valence-corrected chi connectivity index (χ1v) is 6.94. The van der Waals surface area contributed by atoms with Gasteiger partial charge in [-0.3, -0.25) is 4.79 Å². The summed E-state index contributed by atoms with van der Waals surface area (Å²) in [4.78, 5) is 10.5. The van der Waals surface area contributed by atoms with Gasteiger partial charge in [-0.2, -0.15) is 17.0 Å². The molecule has 0 saturated carbocycles. The lowest BCUT2D eigenvalue weighted by Gasteiger charge is -2.41. The van der Waals surface area contributed by atoms with Crippen LogP contribution in [-0.4, -0.2) is 67.5 Å². The van der Waals surface area contributed by atoms with Gasteiger partial charge in [-0.25, -0.2) is 0 Å². The zero-order chi connectivity index (χ0) is 12.5. The quantitative estimate of drug-likeness (QED) is 0.701. The van der Waals surface area contributed by atoms with Gasteiger partial charge in [0.15, 0.2) is 0 Å². The van der Waals surface area contributed by atoms with Gasteiger partial charge < -0.3 is 9.84 Å². The number of carboxylic acid groups (broad SMARTS) is 1. The summed E-state index contributed by atoms with van der Waals surface area (Å²) in [6.45, 7) is 2.22. The van der Waals surface area contributed by atoms with E-state index < -0.39 is 16.2 Å². The smallest absolute Gasteiger partial charge is 0.303 e. The Labute approximate surface area is 100 Å². The van der Waals surface area contributed by atoms with Crippen molar-refractivity contribution in [1.29, 1.82) is 0 Å². The highest BCUT2D eigenvalue weighted by Crippen LogP contribution is 2.24. The number of morpholine rings is 1. The Bertz CT molecular complexity index is 384. The van der Waals surface area contributed by atoms with Gasteiger partial charge in [0.2, 0.25) is 0 Å². The summed E-state index contributed by atoms with van der Waals surface area (Å²) in [6, 6.07) is 0. The van der Waals surface area contributed by atoms with Crippen LogP contribution in [0.5, 0.6) is 0 Å². The summed E-state index contributed by atoms with van der Waals surface area (Å²) in [5.74, 6) is -0.929. The average Bonchev–Trinajstić information content (AvgIpc) is 2.23. The lowest BCUT2D eigenvalue weighted by atomic mass is 10.00. The third kappa shape index (κ3) is 2.76. The molecule has 0 unspecified atom stereocenters. The summed E-state index contributed by atoms with van der Waals surface area (Å²) in [5, 5.41) is 8.59. The Hall–Kier alpha value is -0.700. The molecule has 2 heterocycles. The normalized spacial score (nSPS) is 24.5. The first-order chi connectivity index (χ1) is 8.00. The summed E-state index contributed by atoms with van der Waals surface area (Å²) in [6.07, 6.45) is 0.0368. The number of hydrogen-bond donors (Lipinski definition) is 1. The van der Waals surface area contributed by atoms with Gasteiger partial charge in [0.1, 0.15) is 0 Å². The first kappa shape index (κ1) is 12.7. The van der Waals surface area contributed by atoms with Gasteiger partial charge in [0.25, 0.3) is 10.2 Å². The van der Waals surface area contributed by atoms with Crippen molar-refractivity contribution in [3.05, 3.63) is 0 Å². The van der Waals surface area contributed by atoms with Crippen LogP contribution in [0, 0.1) is 5.92 Å². The second-order valence-corrected chi connectivity index (χ2v) is 6.23. The summed E-state index contributed by atoms with van der Waals surface area (Å²) < 4.78 is 31.9. The molecule has 2 aliphatic rings. The minimum Gasteiger partial charge on any atom is -0.481 e. The molecule has 2 rings (SSSR count). The van der Waals surface area contributed by atoms with E-state index in [0.29, 0.717) is 39.4 Å². The van der Waals surface area contributed by atoms with Crippen LogP contribution in [0.15, 0.2) is 0 Å². The molecule has 8 heteroatoms. The highest BCUT2D eigenvalue weighted by atomic mass is 32.2. The van der Waals surface area contributed by atoms with E-state index in [4.69, 9.17) is 9.84 Å². The Morgan fingerprint density at radius 1 is 1.24 bits per heavy atom. The molecule has 2 aliphatic heterocycles. The Balaban J connectivity index is 1.88. The lowest BCUT2D eigenvalue weighted by molar-refractivity contribution is -0.139. The largest absolute Gasteiger partial charge is 0.481 e. The molecule has 0 bridgehead atoms. The van der Waals surface area contributed by atoms with Crippen molar-refractivity contribution in [3.63, 3.8) is 0 Å². The van der Waals surface area contributed by atoms with Crippen LogP contribution in [0.2, 0.25) is 0 Å². The minimum atomic E-state index is -3.40. The van der Waals surface area contributed by atoms with Crippen LogP contribution in [0.3, 0.4) is 0 Å². The number of hydrogen-bond acceptors (Lipinski definition) is 4. The fraction of sp³-hybridized carbons (Fsp3) is 0.889. The molecule has 2 saturated heterocycles. The van der Waals surface area contributed by atoms with Crippen molar-refractivity contribution in [2.45, 2.75) is 6.42 Å². The molecule has 0 aromatic rings. The average molecular weight is 264 g/mol. The number of rotatable bonds is 4. The van der Waals surface area contributed by atoms with Crippen LogP contribution in [0.25, 0.3) is 0 Å². The third-order valence-corrected chi connectivity index (χ3v) is 4.98. The van der Waals surface area contributed by atoms with Crippen molar-refractivity contribution in [2.24, 2.45) is 5.92 Å². The standard InChI is InChI=1S/C9H16N2O5S/c12-9(13)5-8-6-11(7-8)17(14,15)10-1-3-16-4-2-10/h8H,1-7H2,(H,12,13). The van der Waals surface area contributed by atoms with Crippen LogP contribution in [0.1, 0.15) is 6.42 Å². The van der Waals surface area contributed by atoms with Crippen molar-refractivity contribution in [2.75, 3.05) is 39.4 Å². The highest BCUT2D eigenvalue weighted by Gasteiger charge is 2.40. The topological polar surface area (TPSA) is 87.2 Å². The fourth-order valence-corrected chi connectivity index (χ4v) is 3.76. The number of carbonyl (C=O) groups is 1. The Kier molecular flexibility index (Phi) is 3.67. The zero-order valence-electron chi connectivity index (χ0n) is 9.41. The van der Waals surface area contributed by atoms with Gasteiger partial charge in [0.05, 0.1) is 19.6 Å². The molecular weight excluding hydrogens is 248 g/mol. The molecule has 17 heavy (non-hydrogen) atoms. The molecule has 0 aromatic heterocycles. The van der Waals surface area contributed by atoms with Gasteiger partial charge in [-0.15, -0.1) is 0 Å². The van der Waals surface area contributed by atoms with Crippen molar-refractivity contribution < 1.29 is 23.1 Å². The molecule has 0 atom stereocenters. The fourth-order valence-electron chi connectivity index (χ4n) is 2.03. The molecule has 0 amide bonds. The van der Waals surface area contributed by atoms with Gasteiger partial charge >= 0.3 is 5.97 Å². The van der Waals surface area contributed by atoms with E-state index in [1.165, 1.54) is 8.61 Å². The van der Waals surface area contributed by atoms with Gasteiger partial charge in [0, 0.05) is 26.2 Å². The van der Waals surface area contributed by atoms with Crippen molar-refractivity contribution in [1.82, 2.24) is 8.61 Å². The third-order valence-electron chi connectivity index (χ3n) is 3.01. The zero-order valence-corrected chi connectivity index (χ0v) is 10.2. The van der Waals surface area contributed by atoms with Gasteiger partial charge in [-0.1, -0.05) is 0 Å². The van der Waals surface area contributed by atoms with E-state index in [1.807, 2.05) is 0 Å². The van der Waals surface area contributed by atoms with Crippen LogP contribution >= 0.6 is 0 Å². The van der Waals surface area contributed by atoms with Crippen LogP contribution in [0.4, 0.5) is 0 Å². The van der Waals surface area contributed by atoms with E-state index in [-0.39, 0.29) is 12.3 Å². The Morgan fingerprint density at radius 2 is 1.82 bits per heavy atom. The number of carboxylic acids is 1. The molecule has 0 spiro atoms. The van der Waals surface area contributed by atoms with Crippen LogP contribution < -0.4 is 0 Å². The maximum absolute atomic E-state index is 12.0. The first-order valence-electron chi connectivity index (χ1n) is 5.55. The molecule has 0 radical (unpaired) electrons. The number of ether oxygens (including phenoxy) is 1.